The van der Waals surface area contributed by atoms with E-state index < -0.39 is 6.04 Å². The zero-order valence-corrected chi connectivity index (χ0v) is 20.3. The number of thiophene rings is 1. The van der Waals surface area contributed by atoms with Crippen molar-refractivity contribution in [3.05, 3.63) is 88.1 Å². The van der Waals surface area contributed by atoms with Crippen LogP contribution >= 0.6 is 23.1 Å². The maximum atomic E-state index is 13.0. The van der Waals surface area contributed by atoms with Gasteiger partial charge in [-0.25, -0.2) is 0 Å². The first-order valence-electron chi connectivity index (χ1n) is 10.4. The lowest BCUT2D eigenvalue weighted by Crippen LogP contribution is -2.42. The lowest BCUT2D eigenvalue weighted by atomic mass is 10.0. The first-order chi connectivity index (χ1) is 16.1. The third-order valence-electron chi connectivity index (χ3n) is 4.94. The molecule has 0 aliphatic heterocycles. The molecule has 1 unspecified atom stereocenters. The van der Waals surface area contributed by atoms with Crippen molar-refractivity contribution in [2.24, 2.45) is 0 Å². The van der Waals surface area contributed by atoms with Crippen molar-refractivity contribution in [2.75, 3.05) is 20.0 Å². The van der Waals surface area contributed by atoms with Gasteiger partial charge < -0.3 is 14.8 Å². The molecule has 3 rings (SSSR count). The van der Waals surface area contributed by atoms with Gasteiger partial charge in [0, 0.05) is 23.5 Å². The summed E-state index contributed by atoms with van der Waals surface area (Å²) in [5.41, 5.74) is 2.95. The Morgan fingerprint density at radius 2 is 1.88 bits per heavy atom. The highest BCUT2D eigenvalue weighted by atomic mass is 32.2. The van der Waals surface area contributed by atoms with Crippen LogP contribution in [0, 0.1) is 0 Å². The van der Waals surface area contributed by atoms with Gasteiger partial charge in [0.05, 0.1) is 26.0 Å². The van der Waals surface area contributed by atoms with Crippen molar-refractivity contribution in [3.8, 4) is 11.5 Å². The van der Waals surface area contributed by atoms with Crippen LogP contribution in [0.25, 0.3) is 6.08 Å². The largest absolute Gasteiger partial charge is 0.497 e. The van der Waals surface area contributed by atoms with Gasteiger partial charge in [0.1, 0.15) is 11.5 Å². The van der Waals surface area contributed by atoms with E-state index in [9.17, 15) is 9.59 Å². The molecule has 0 radical (unpaired) electrons. The zero-order chi connectivity index (χ0) is 23.5. The topological polar surface area (TPSA) is 64.6 Å². The summed E-state index contributed by atoms with van der Waals surface area (Å²) in [4.78, 5) is 25.6. The Balaban J connectivity index is 1.65. The number of carbonyl (C=O) groups is 2. The summed E-state index contributed by atoms with van der Waals surface area (Å²) in [5, 5.41) is 7.00. The van der Waals surface area contributed by atoms with Crippen LogP contribution in [0.15, 0.2) is 71.4 Å². The molecule has 0 saturated carbocycles. The maximum Gasteiger partial charge on any atom is 0.244 e. The number of Topliss-reactive ketones (excluding diaryl/α,β-unsaturated/α-hetero) is 1. The van der Waals surface area contributed by atoms with Crippen LogP contribution in [0.3, 0.4) is 0 Å². The van der Waals surface area contributed by atoms with Crippen LogP contribution in [0.4, 0.5) is 0 Å². The molecule has 172 valence electrons. The van der Waals surface area contributed by atoms with E-state index in [2.05, 4.69) is 16.8 Å². The van der Waals surface area contributed by atoms with Crippen molar-refractivity contribution in [3.63, 3.8) is 0 Å². The van der Waals surface area contributed by atoms with Gasteiger partial charge in [0.2, 0.25) is 5.91 Å². The maximum absolute atomic E-state index is 13.0. The quantitative estimate of drug-likeness (QED) is 0.369. The second kappa shape index (κ2) is 12.9. The summed E-state index contributed by atoms with van der Waals surface area (Å²) in [7, 11) is 3.15. The number of rotatable bonds is 12. The summed E-state index contributed by atoms with van der Waals surface area (Å²) in [6.07, 6.45) is 3.54. The number of carbonyl (C=O) groups excluding carboxylic acids is 2. The fourth-order valence-electron chi connectivity index (χ4n) is 3.18. The van der Waals surface area contributed by atoms with Gasteiger partial charge >= 0.3 is 0 Å². The summed E-state index contributed by atoms with van der Waals surface area (Å²) >= 11 is 3.21. The molecular formula is C26H27NO4S2. The predicted octanol–water partition coefficient (Wildman–Crippen LogP) is 5.01. The van der Waals surface area contributed by atoms with Crippen molar-refractivity contribution < 1.29 is 19.1 Å². The Morgan fingerprint density at radius 1 is 1.06 bits per heavy atom. The summed E-state index contributed by atoms with van der Waals surface area (Å²) in [6.45, 7) is 0. The normalized spacial score (nSPS) is 11.8. The molecule has 0 aliphatic carbocycles. The summed E-state index contributed by atoms with van der Waals surface area (Å²) < 4.78 is 10.6. The van der Waals surface area contributed by atoms with Crippen molar-refractivity contribution in [1.82, 2.24) is 5.32 Å². The summed E-state index contributed by atoms with van der Waals surface area (Å²) in [6, 6.07) is 16.5. The molecule has 5 nitrogen and oxygen atoms in total. The number of amides is 1. The fraction of sp³-hybridized carbons (Fsp3) is 0.231. The monoisotopic (exact) mass is 481 g/mol. The van der Waals surface area contributed by atoms with Crippen molar-refractivity contribution in [1.29, 1.82) is 0 Å². The number of ether oxygens (including phenoxy) is 2. The lowest BCUT2D eigenvalue weighted by molar-refractivity contribution is -0.124. The van der Waals surface area contributed by atoms with E-state index >= 15 is 0 Å². The van der Waals surface area contributed by atoms with Gasteiger partial charge in [-0.1, -0.05) is 30.3 Å². The molecule has 7 heteroatoms. The highest BCUT2D eigenvalue weighted by Gasteiger charge is 2.20. The molecule has 0 bridgehead atoms. The molecule has 0 saturated heterocycles. The van der Waals surface area contributed by atoms with E-state index in [4.69, 9.17) is 9.47 Å². The molecule has 2 aromatic carbocycles. The van der Waals surface area contributed by atoms with Gasteiger partial charge in [0.25, 0.3) is 0 Å². The van der Waals surface area contributed by atoms with Crippen molar-refractivity contribution in [2.45, 2.75) is 18.2 Å². The van der Waals surface area contributed by atoms with E-state index in [1.54, 1.807) is 55.5 Å². The third-order valence-corrected chi connectivity index (χ3v) is 6.69. The Morgan fingerprint density at radius 3 is 2.58 bits per heavy atom. The van der Waals surface area contributed by atoms with Crippen LogP contribution in [-0.4, -0.2) is 37.7 Å². The Hall–Kier alpha value is -3.03. The second-order valence-corrected chi connectivity index (χ2v) is 9.05. The molecule has 1 atom stereocenters. The third kappa shape index (κ3) is 7.80. The minimum atomic E-state index is -0.600. The van der Waals surface area contributed by atoms with Crippen LogP contribution in [0.1, 0.15) is 16.7 Å². The highest BCUT2D eigenvalue weighted by Crippen LogP contribution is 2.25. The minimum absolute atomic E-state index is 0.00265. The molecule has 33 heavy (non-hydrogen) atoms. The summed E-state index contributed by atoms with van der Waals surface area (Å²) in [5.74, 6) is 2.05. The predicted molar refractivity (Wildman–Crippen MR) is 136 cm³/mol. The van der Waals surface area contributed by atoms with E-state index in [1.807, 2.05) is 41.8 Å². The molecule has 0 aliphatic rings. The number of benzene rings is 2. The van der Waals surface area contributed by atoms with E-state index in [0.717, 1.165) is 16.9 Å². The van der Waals surface area contributed by atoms with Gasteiger partial charge in [-0.2, -0.15) is 11.3 Å². The number of nitrogens with one attached hydrogen (secondary N) is 1. The van der Waals surface area contributed by atoms with Crippen LogP contribution in [-0.2, 0) is 21.8 Å². The first-order valence-corrected chi connectivity index (χ1v) is 12.5. The number of methoxy groups -OCH3 is 2. The standard InChI is InChI=1S/C26H27NO4S2/c1-30-22-10-8-21(25(15-22)31-2)9-11-26(29)27-23(14-19-6-4-3-5-7-19)24(28)18-33-17-20-12-13-32-16-20/h3-13,15-16,23H,14,17-18H2,1-2H3,(H,27,29). The number of hydrogen-bond donors (Lipinski definition) is 1. The van der Waals surface area contributed by atoms with E-state index in [0.29, 0.717) is 23.7 Å². The first kappa shape index (κ1) is 24.6. The Labute approximate surface area is 202 Å². The van der Waals surface area contributed by atoms with Crippen molar-refractivity contribution >= 4 is 40.9 Å². The number of ketones is 1. The Bertz CT molecular complexity index is 1070. The second-order valence-electron chi connectivity index (χ2n) is 7.28. The van der Waals surface area contributed by atoms with E-state index in [1.165, 1.54) is 11.6 Å². The van der Waals surface area contributed by atoms with Gasteiger partial charge in [0.15, 0.2) is 5.78 Å². The lowest BCUT2D eigenvalue weighted by Gasteiger charge is -2.17. The molecular weight excluding hydrogens is 454 g/mol. The smallest absolute Gasteiger partial charge is 0.244 e. The SMILES string of the molecule is COc1ccc(C=CC(=O)NC(Cc2ccccc2)C(=O)CSCc2ccsc2)c(OC)c1. The number of hydrogen-bond acceptors (Lipinski definition) is 6. The molecule has 0 fully saturated rings. The average Bonchev–Trinajstić information content (AvgIpc) is 3.36. The van der Waals surface area contributed by atoms with Gasteiger partial charge in [-0.15, -0.1) is 11.8 Å². The van der Waals surface area contributed by atoms with Crippen LogP contribution < -0.4 is 14.8 Å². The number of thioether (sulfide) groups is 1. The fourth-order valence-corrected chi connectivity index (χ4v) is 4.88. The van der Waals surface area contributed by atoms with Gasteiger partial charge in [-0.3, -0.25) is 9.59 Å². The van der Waals surface area contributed by atoms with Crippen LogP contribution in [0.2, 0.25) is 0 Å². The average molecular weight is 482 g/mol. The molecule has 1 heterocycles. The molecule has 1 amide bonds. The Kier molecular flexibility index (Phi) is 9.59. The molecule has 1 aromatic heterocycles. The zero-order valence-electron chi connectivity index (χ0n) is 18.7. The van der Waals surface area contributed by atoms with Gasteiger partial charge in [-0.05, 0) is 52.6 Å². The molecule has 3 aromatic rings. The van der Waals surface area contributed by atoms with Crippen LogP contribution in [0.5, 0.6) is 11.5 Å². The molecule has 1 N–H and O–H groups in total. The minimum Gasteiger partial charge on any atom is -0.497 e. The van der Waals surface area contributed by atoms with E-state index in [-0.39, 0.29) is 11.7 Å². The highest BCUT2D eigenvalue weighted by molar-refractivity contribution is 7.99. The molecule has 0 spiro atoms.